The summed E-state index contributed by atoms with van der Waals surface area (Å²) in [6.07, 6.45) is -0.320. The highest BCUT2D eigenvalue weighted by molar-refractivity contribution is 5.72. The van der Waals surface area contributed by atoms with Crippen molar-refractivity contribution in [2.24, 2.45) is 7.05 Å². The van der Waals surface area contributed by atoms with E-state index >= 15 is 0 Å². The molecule has 0 aliphatic rings. The highest BCUT2D eigenvalue weighted by Gasteiger charge is 2.19. The number of para-hydroxylation sites is 2. The molecule has 0 fully saturated rings. The van der Waals surface area contributed by atoms with Gasteiger partial charge in [-0.25, -0.2) is 9.13 Å². The van der Waals surface area contributed by atoms with Gasteiger partial charge in [0.25, 0.3) is 5.82 Å². The Morgan fingerprint density at radius 1 is 1.38 bits per heavy atom. The van der Waals surface area contributed by atoms with Crippen molar-refractivity contribution >= 4 is 11.0 Å². The highest BCUT2D eigenvalue weighted by atomic mass is 35.5. The van der Waals surface area contributed by atoms with Crippen molar-refractivity contribution < 1.29 is 22.1 Å². The lowest BCUT2D eigenvalue weighted by atomic mass is 10.3. The van der Waals surface area contributed by atoms with E-state index < -0.39 is 0 Å². The number of hydrogen-bond donors (Lipinski definition) is 1. The minimum Gasteiger partial charge on any atom is -1.00 e. The topological polar surface area (TPSA) is 29.0 Å². The Morgan fingerprint density at radius 3 is 2.62 bits per heavy atom. The molecule has 0 bridgehead atoms. The Bertz CT molecular complexity index is 491. The molecule has 0 saturated heterocycles. The molecule has 1 atom stereocenters. The molecule has 2 rings (SSSR count). The lowest BCUT2D eigenvalue weighted by Gasteiger charge is -2.02. The van der Waals surface area contributed by atoms with Crippen LogP contribution in [0.5, 0.6) is 0 Å². The number of halogens is 1. The second-order valence-electron chi connectivity index (χ2n) is 4.05. The largest absolute Gasteiger partial charge is 1.00 e. The van der Waals surface area contributed by atoms with E-state index in [2.05, 4.69) is 35.2 Å². The molecule has 3 nitrogen and oxygen atoms in total. The fourth-order valence-electron chi connectivity index (χ4n) is 2.00. The average molecular weight is 241 g/mol. The lowest BCUT2D eigenvalue weighted by molar-refractivity contribution is -0.652. The van der Waals surface area contributed by atoms with Gasteiger partial charge in [0, 0.05) is 6.92 Å². The second kappa shape index (κ2) is 4.85. The van der Waals surface area contributed by atoms with Crippen LogP contribution in [0.25, 0.3) is 11.0 Å². The summed E-state index contributed by atoms with van der Waals surface area (Å²) in [6, 6.07) is 8.25. The van der Waals surface area contributed by atoms with Crippen molar-refractivity contribution in [3.05, 3.63) is 30.1 Å². The number of aromatic nitrogens is 2. The molecule has 1 aromatic heterocycles. The summed E-state index contributed by atoms with van der Waals surface area (Å²) in [6.45, 7) is 4.53. The Morgan fingerprint density at radius 2 is 2.00 bits per heavy atom. The molecule has 16 heavy (non-hydrogen) atoms. The first-order valence-corrected chi connectivity index (χ1v) is 5.23. The predicted octanol–water partition coefficient (Wildman–Crippen LogP) is -1.84. The van der Waals surface area contributed by atoms with Crippen molar-refractivity contribution in [3.8, 4) is 0 Å². The zero-order valence-corrected chi connectivity index (χ0v) is 10.6. The van der Waals surface area contributed by atoms with Crippen LogP contribution in [0.15, 0.2) is 24.3 Å². The molecule has 1 unspecified atom stereocenters. The van der Waals surface area contributed by atoms with E-state index in [-0.39, 0.29) is 18.5 Å². The third-order valence-corrected chi connectivity index (χ3v) is 2.86. The van der Waals surface area contributed by atoms with Crippen molar-refractivity contribution in [1.29, 1.82) is 0 Å². The zero-order chi connectivity index (χ0) is 11.0. The van der Waals surface area contributed by atoms with Gasteiger partial charge in [-0.1, -0.05) is 12.1 Å². The minimum atomic E-state index is -0.320. The Kier molecular flexibility index (Phi) is 3.94. The van der Waals surface area contributed by atoms with E-state index in [1.54, 1.807) is 0 Å². The summed E-state index contributed by atoms with van der Waals surface area (Å²) in [7, 11) is 2.05. The smallest absolute Gasteiger partial charge is 0.254 e. The molecule has 0 radical (unpaired) electrons. The van der Waals surface area contributed by atoms with Crippen LogP contribution in [0.1, 0.15) is 12.7 Å². The van der Waals surface area contributed by atoms with Gasteiger partial charge in [0.15, 0.2) is 11.0 Å². The van der Waals surface area contributed by atoms with Gasteiger partial charge in [0.2, 0.25) is 0 Å². The van der Waals surface area contributed by atoms with Crippen LogP contribution in [0.2, 0.25) is 0 Å². The molecule has 1 heterocycles. The molecule has 88 valence electrons. The normalized spacial score (nSPS) is 12.5. The molecule has 0 amide bonds. The van der Waals surface area contributed by atoms with Crippen LogP contribution in [0.4, 0.5) is 0 Å². The van der Waals surface area contributed by atoms with Crippen LogP contribution in [0.3, 0.4) is 0 Å². The van der Waals surface area contributed by atoms with E-state index in [4.69, 9.17) is 0 Å². The molecular formula is C12H17ClN2O. The van der Waals surface area contributed by atoms with Gasteiger partial charge < -0.3 is 17.5 Å². The van der Waals surface area contributed by atoms with Crippen LogP contribution >= 0.6 is 0 Å². The third kappa shape index (κ3) is 2.06. The number of hydrogen-bond acceptors (Lipinski definition) is 1. The van der Waals surface area contributed by atoms with Crippen molar-refractivity contribution in [2.45, 2.75) is 26.5 Å². The van der Waals surface area contributed by atoms with Gasteiger partial charge in [0.05, 0.1) is 13.2 Å². The molecule has 0 saturated carbocycles. The minimum absolute atomic E-state index is 0. The zero-order valence-electron chi connectivity index (χ0n) is 9.81. The number of benzene rings is 1. The van der Waals surface area contributed by atoms with Crippen molar-refractivity contribution in [2.75, 3.05) is 0 Å². The number of aliphatic hydroxyl groups excluding tert-OH is 1. The molecule has 0 aliphatic heterocycles. The van der Waals surface area contributed by atoms with Gasteiger partial charge in [-0.15, -0.1) is 0 Å². The summed E-state index contributed by atoms with van der Waals surface area (Å²) in [5.41, 5.74) is 2.38. The van der Waals surface area contributed by atoms with E-state index in [0.29, 0.717) is 6.54 Å². The van der Waals surface area contributed by atoms with E-state index in [0.717, 1.165) is 5.82 Å². The van der Waals surface area contributed by atoms with Crippen molar-refractivity contribution in [1.82, 2.24) is 4.57 Å². The molecule has 2 aromatic rings. The monoisotopic (exact) mass is 240 g/mol. The number of aryl methyl sites for hydroxylation is 1. The first-order chi connectivity index (χ1) is 7.11. The van der Waals surface area contributed by atoms with Gasteiger partial charge in [-0.3, -0.25) is 0 Å². The van der Waals surface area contributed by atoms with Crippen LogP contribution in [0, 0.1) is 6.92 Å². The number of nitrogens with zero attached hydrogens (tertiary/aromatic N) is 2. The van der Waals surface area contributed by atoms with Crippen LogP contribution < -0.4 is 17.0 Å². The van der Waals surface area contributed by atoms with Gasteiger partial charge in [0.1, 0.15) is 6.54 Å². The van der Waals surface area contributed by atoms with Gasteiger partial charge in [-0.05, 0) is 19.1 Å². The lowest BCUT2D eigenvalue weighted by Crippen LogP contribution is -3.00. The molecule has 1 aromatic carbocycles. The maximum absolute atomic E-state index is 9.47. The third-order valence-electron chi connectivity index (χ3n) is 2.86. The first-order valence-electron chi connectivity index (χ1n) is 5.23. The molecule has 0 aliphatic carbocycles. The second-order valence-corrected chi connectivity index (χ2v) is 4.05. The number of imidazole rings is 1. The first kappa shape index (κ1) is 13.0. The maximum Gasteiger partial charge on any atom is 0.254 e. The fraction of sp³-hybridized carbons (Fsp3) is 0.417. The summed E-state index contributed by atoms with van der Waals surface area (Å²) in [4.78, 5) is 0. The van der Waals surface area contributed by atoms with E-state index in [9.17, 15) is 5.11 Å². The summed E-state index contributed by atoms with van der Waals surface area (Å²) < 4.78 is 4.30. The van der Waals surface area contributed by atoms with Gasteiger partial charge >= 0.3 is 0 Å². The summed E-state index contributed by atoms with van der Waals surface area (Å²) in [5.74, 6) is 1.16. The summed E-state index contributed by atoms with van der Waals surface area (Å²) >= 11 is 0. The average Bonchev–Trinajstić information content (AvgIpc) is 2.44. The molecular weight excluding hydrogens is 224 g/mol. The van der Waals surface area contributed by atoms with Crippen molar-refractivity contribution in [3.63, 3.8) is 0 Å². The SMILES string of the molecule is Cc1n(CC(C)O)c2ccccc2[n+]1C.[Cl-]. The Hall–Kier alpha value is -1.06. The fourth-order valence-corrected chi connectivity index (χ4v) is 2.00. The number of aliphatic hydroxyl groups is 1. The summed E-state index contributed by atoms with van der Waals surface area (Å²) in [5, 5.41) is 9.47. The van der Waals surface area contributed by atoms with Crippen LogP contribution in [-0.2, 0) is 13.6 Å². The quantitative estimate of drug-likeness (QED) is 0.615. The number of fused-ring (bicyclic) bond motifs is 1. The Labute approximate surface area is 102 Å². The van der Waals surface area contributed by atoms with E-state index in [1.807, 2.05) is 19.1 Å². The maximum atomic E-state index is 9.47. The standard InChI is InChI=1S/C12H17N2O.ClH/c1-9(15)8-14-10(2)13(3)11-6-4-5-7-12(11)14;/h4-7,9,15H,8H2,1-3H3;1H/q+1;/p-1. The molecule has 0 spiro atoms. The number of rotatable bonds is 2. The molecule has 4 heteroatoms. The van der Waals surface area contributed by atoms with E-state index in [1.165, 1.54) is 11.0 Å². The molecule has 1 N–H and O–H groups in total. The van der Waals surface area contributed by atoms with Gasteiger partial charge in [-0.2, -0.15) is 0 Å². The Balaban J connectivity index is 0.00000128. The predicted molar refractivity (Wildman–Crippen MR) is 59.5 cm³/mol. The van der Waals surface area contributed by atoms with Crippen LogP contribution in [-0.4, -0.2) is 15.8 Å². The highest BCUT2D eigenvalue weighted by Crippen LogP contribution is 2.13.